The van der Waals surface area contributed by atoms with E-state index in [1.165, 1.54) is 6.08 Å². The number of ether oxygens (including phenoxy) is 3. The highest BCUT2D eigenvalue weighted by Gasteiger charge is 2.21. The maximum absolute atomic E-state index is 12.1. The molecule has 30 heavy (non-hydrogen) atoms. The van der Waals surface area contributed by atoms with E-state index in [0.29, 0.717) is 18.0 Å². The van der Waals surface area contributed by atoms with Gasteiger partial charge in [-0.15, -0.1) is 0 Å². The van der Waals surface area contributed by atoms with Crippen LogP contribution in [-0.4, -0.2) is 31.2 Å². The number of nitrogens with one attached hydrogen (secondary N) is 1. The molecule has 1 amide bonds. The van der Waals surface area contributed by atoms with Crippen LogP contribution in [0.4, 0.5) is 5.69 Å². The van der Waals surface area contributed by atoms with Gasteiger partial charge in [-0.25, -0.2) is 4.79 Å². The standard InChI is InChI=1S/C24H27NO5/c1-5-28-21-13-19-11-16(3)30-22(19)12-18(21)9-10-24(27)29-14-23(26)25-20-8-6-7-15(2)17(20)4/h6-10,12-13,16H,5,11,14H2,1-4H3,(H,25,26)/b10-9+/t16-/m1/s1. The Morgan fingerprint density at radius 2 is 2.07 bits per heavy atom. The van der Waals surface area contributed by atoms with Crippen LogP contribution in [0.5, 0.6) is 11.5 Å². The lowest BCUT2D eigenvalue weighted by Crippen LogP contribution is -2.20. The van der Waals surface area contributed by atoms with E-state index in [4.69, 9.17) is 14.2 Å². The molecule has 0 aromatic heterocycles. The van der Waals surface area contributed by atoms with Gasteiger partial charge < -0.3 is 19.5 Å². The van der Waals surface area contributed by atoms with Gasteiger partial charge in [-0.3, -0.25) is 4.79 Å². The Kier molecular flexibility index (Phi) is 6.77. The van der Waals surface area contributed by atoms with Crippen molar-refractivity contribution < 1.29 is 23.8 Å². The molecule has 0 fully saturated rings. The molecule has 6 heteroatoms. The van der Waals surface area contributed by atoms with E-state index < -0.39 is 5.97 Å². The maximum atomic E-state index is 12.1. The van der Waals surface area contributed by atoms with Crippen molar-refractivity contribution in [3.8, 4) is 11.5 Å². The van der Waals surface area contributed by atoms with Crippen LogP contribution >= 0.6 is 0 Å². The smallest absolute Gasteiger partial charge is 0.331 e. The van der Waals surface area contributed by atoms with Crippen LogP contribution in [0.3, 0.4) is 0 Å². The van der Waals surface area contributed by atoms with Crippen molar-refractivity contribution in [2.45, 2.75) is 40.2 Å². The lowest BCUT2D eigenvalue weighted by Gasteiger charge is -2.10. The van der Waals surface area contributed by atoms with Crippen LogP contribution in [0.15, 0.2) is 36.4 Å². The van der Waals surface area contributed by atoms with Gasteiger partial charge in [0.1, 0.15) is 17.6 Å². The molecular formula is C24H27NO5. The minimum atomic E-state index is -0.608. The first-order valence-electron chi connectivity index (χ1n) is 10.0. The average molecular weight is 409 g/mol. The molecule has 0 saturated heterocycles. The summed E-state index contributed by atoms with van der Waals surface area (Å²) in [4.78, 5) is 24.2. The van der Waals surface area contributed by atoms with Gasteiger partial charge in [-0.2, -0.15) is 0 Å². The lowest BCUT2D eigenvalue weighted by molar-refractivity contribution is -0.142. The molecule has 0 unspecified atom stereocenters. The Labute approximate surface area is 176 Å². The van der Waals surface area contributed by atoms with E-state index in [9.17, 15) is 9.59 Å². The third-order valence-electron chi connectivity index (χ3n) is 4.95. The topological polar surface area (TPSA) is 73.9 Å². The second-order valence-electron chi connectivity index (χ2n) is 7.30. The van der Waals surface area contributed by atoms with E-state index >= 15 is 0 Å². The minimum Gasteiger partial charge on any atom is -0.493 e. The molecule has 0 spiro atoms. The van der Waals surface area contributed by atoms with E-state index in [1.54, 1.807) is 6.08 Å². The van der Waals surface area contributed by atoms with Crippen molar-refractivity contribution in [3.05, 3.63) is 58.7 Å². The fraction of sp³-hybridized carbons (Fsp3) is 0.333. The summed E-state index contributed by atoms with van der Waals surface area (Å²) >= 11 is 0. The highest BCUT2D eigenvalue weighted by Crippen LogP contribution is 2.35. The van der Waals surface area contributed by atoms with Gasteiger partial charge in [0.15, 0.2) is 6.61 Å². The molecule has 1 heterocycles. The van der Waals surface area contributed by atoms with Crippen molar-refractivity contribution >= 4 is 23.6 Å². The van der Waals surface area contributed by atoms with Gasteiger partial charge in [0.25, 0.3) is 5.91 Å². The highest BCUT2D eigenvalue weighted by atomic mass is 16.5. The van der Waals surface area contributed by atoms with Gasteiger partial charge >= 0.3 is 5.97 Å². The first-order chi connectivity index (χ1) is 14.4. The van der Waals surface area contributed by atoms with Crippen molar-refractivity contribution in [2.24, 2.45) is 0 Å². The van der Waals surface area contributed by atoms with Crippen molar-refractivity contribution in [1.29, 1.82) is 0 Å². The summed E-state index contributed by atoms with van der Waals surface area (Å²) in [7, 11) is 0. The molecule has 2 aromatic rings. The van der Waals surface area contributed by atoms with Crippen molar-refractivity contribution in [1.82, 2.24) is 0 Å². The summed E-state index contributed by atoms with van der Waals surface area (Å²) in [5.41, 5.74) is 4.58. The predicted molar refractivity (Wildman–Crippen MR) is 116 cm³/mol. The second-order valence-corrected chi connectivity index (χ2v) is 7.30. The van der Waals surface area contributed by atoms with Crippen LogP contribution in [0.1, 0.15) is 36.1 Å². The van der Waals surface area contributed by atoms with E-state index in [1.807, 2.05) is 58.0 Å². The minimum absolute atomic E-state index is 0.120. The molecule has 1 N–H and O–H groups in total. The lowest BCUT2D eigenvalue weighted by atomic mass is 10.1. The summed E-state index contributed by atoms with van der Waals surface area (Å²) in [5.74, 6) is 0.487. The van der Waals surface area contributed by atoms with E-state index in [2.05, 4.69) is 5.32 Å². The average Bonchev–Trinajstić information content (AvgIpc) is 3.07. The molecule has 0 bridgehead atoms. The summed E-state index contributed by atoms with van der Waals surface area (Å²) in [6, 6.07) is 9.46. The third-order valence-corrected chi connectivity index (χ3v) is 4.95. The molecule has 0 saturated carbocycles. The number of hydrogen-bond donors (Lipinski definition) is 1. The van der Waals surface area contributed by atoms with E-state index in [0.717, 1.165) is 34.4 Å². The number of aryl methyl sites for hydroxylation is 1. The number of carbonyl (C=O) groups is 2. The largest absolute Gasteiger partial charge is 0.493 e. The summed E-state index contributed by atoms with van der Waals surface area (Å²) in [5, 5.41) is 2.76. The second kappa shape index (κ2) is 9.48. The Hall–Kier alpha value is -3.28. The fourth-order valence-electron chi connectivity index (χ4n) is 3.28. The normalized spacial score (nSPS) is 14.9. The Bertz CT molecular complexity index is 980. The molecule has 3 rings (SSSR count). The van der Waals surface area contributed by atoms with E-state index in [-0.39, 0.29) is 18.6 Å². The van der Waals surface area contributed by atoms with Gasteiger partial charge in [-0.1, -0.05) is 12.1 Å². The van der Waals surface area contributed by atoms with Crippen LogP contribution in [0.2, 0.25) is 0 Å². The molecule has 6 nitrogen and oxygen atoms in total. The maximum Gasteiger partial charge on any atom is 0.331 e. The first-order valence-corrected chi connectivity index (χ1v) is 10.0. The molecular weight excluding hydrogens is 382 g/mol. The Balaban J connectivity index is 1.60. The molecule has 158 valence electrons. The number of amides is 1. The summed E-state index contributed by atoms with van der Waals surface area (Å²) in [6.45, 7) is 7.96. The van der Waals surface area contributed by atoms with Gasteiger partial charge in [0, 0.05) is 29.3 Å². The molecule has 1 aliphatic heterocycles. The predicted octanol–water partition coefficient (Wildman–Crippen LogP) is 4.22. The molecule has 2 aromatic carbocycles. The quantitative estimate of drug-likeness (QED) is 0.547. The zero-order valence-corrected chi connectivity index (χ0v) is 17.8. The van der Waals surface area contributed by atoms with Crippen LogP contribution in [0.25, 0.3) is 6.08 Å². The fourth-order valence-corrected chi connectivity index (χ4v) is 3.28. The van der Waals surface area contributed by atoms with Crippen LogP contribution in [0, 0.1) is 13.8 Å². The zero-order valence-electron chi connectivity index (χ0n) is 17.8. The number of carbonyl (C=O) groups excluding carboxylic acids is 2. The number of fused-ring (bicyclic) bond motifs is 1. The first kappa shape index (κ1) is 21.4. The molecule has 1 aliphatic rings. The summed E-state index contributed by atoms with van der Waals surface area (Å²) in [6.07, 6.45) is 3.85. The van der Waals surface area contributed by atoms with Crippen molar-refractivity contribution in [2.75, 3.05) is 18.5 Å². The van der Waals surface area contributed by atoms with Crippen LogP contribution < -0.4 is 14.8 Å². The zero-order chi connectivity index (χ0) is 21.7. The van der Waals surface area contributed by atoms with Gasteiger partial charge in [-0.05, 0) is 63.1 Å². The number of rotatable bonds is 7. The number of anilines is 1. The number of esters is 1. The van der Waals surface area contributed by atoms with Gasteiger partial charge in [0.2, 0.25) is 0 Å². The Morgan fingerprint density at radius 1 is 1.27 bits per heavy atom. The van der Waals surface area contributed by atoms with Crippen molar-refractivity contribution in [3.63, 3.8) is 0 Å². The number of benzene rings is 2. The molecule has 1 atom stereocenters. The van der Waals surface area contributed by atoms with Crippen LogP contribution in [-0.2, 0) is 20.7 Å². The monoisotopic (exact) mass is 409 g/mol. The Morgan fingerprint density at radius 3 is 2.83 bits per heavy atom. The highest BCUT2D eigenvalue weighted by molar-refractivity contribution is 5.95. The molecule has 0 aliphatic carbocycles. The molecule has 0 radical (unpaired) electrons. The van der Waals surface area contributed by atoms with Gasteiger partial charge in [0.05, 0.1) is 6.61 Å². The SMILES string of the molecule is CCOc1cc2c(cc1/C=C/C(=O)OCC(=O)Nc1cccc(C)c1C)O[C@H](C)C2. The third kappa shape index (κ3) is 5.20. The summed E-state index contributed by atoms with van der Waals surface area (Å²) < 4.78 is 16.5. The number of hydrogen-bond acceptors (Lipinski definition) is 5.